The van der Waals surface area contributed by atoms with E-state index in [-0.39, 0.29) is 30.6 Å². The van der Waals surface area contributed by atoms with Crippen molar-refractivity contribution in [3.05, 3.63) is 83.9 Å². The van der Waals surface area contributed by atoms with Gasteiger partial charge in [0.15, 0.2) is 0 Å². The average molecular weight is 543 g/mol. The third kappa shape index (κ3) is 7.39. The number of fused-ring (bicyclic) bond motifs is 1. The van der Waals surface area contributed by atoms with Crippen LogP contribution in [0.15, 0.2) is 72.8 Å². The van der Waals surface area contributed by atoms with Crippen LogP contribution in [-0.2, 0) is 27.4 Å². The quantitative estimate of drug-likeness (QED) is 0.291. The van der Waals surface area contributed by atoms with E-state index in [9.17, 15) is 14.4 Å². The summed E-state index contributed by atoms with van der Waals surface area (Å²) in [5.41, 5.74) is 1.76. The van der Waals surface area contributed by atoms with Crippen LogP contribution >= 0.6 is 0 Å². The van der Waals surface area contributed by atoms with Crippen molar-refractivity contribution < 1.29 is 19.1 Å². The van der Waals surface area contributed by atoms with Gasteiger partial charge in [-0.2, -0.15) is 0 Å². The molecule has 5 rings (SSSR count). The molecule has 2 fully saturated rings. The number of ether oxygens (including phenoxy) is 1. The van der Waals surface area contributed by atoms with E-state index in [0.717, 1.165) is 41.2 Å². The molecule has 0 bridgehead atoms. The lowest BCUT2D eigenvalue weighted by molar-refractivity contribution is -0.131. The van der Waals surface area contributed by atoms with Crippen molar-refractivity contribution in [2.45, 2.75) is 76.3 Å². The van der Waals surface area contributed by atoms with Crippen LogP contribution < -0.4 is 21.3 Å². The van der Waals surface area contributed by atoms with E-state index in [2.05, 4.69) is 35.1 Å². The summed E-state index contributed by atoms with van der Waals surface area (Å²) in [6.07, 6.45) is 2.96. The van der Waals surface area contributed by atoms with Gasteiger partial charge >= 0.3 is 6.09 Å². The van der Waals surface area contributed by atoms with Crippen molar-refractivity contribution in [3.63, 3.8) is 0 Å². The number of amides is 3. The molecular weight excluding hydrogens is 504 g/mol. The first-order valence-corrected chi connectivity index (χ1v) is 14.1. The van der Waals surface area contributed by atoms with Gasteiger partial charge in [-0.05, 0) is 54.5 Å². The van der Waals surface area contributed by atoms with Crippen molar-refractivity contribution in [1.29, 1.82) is 0 Å². The molecule has 1 aliphatic heterocycles. The number of rotatable bonds is 11. The van der Waals surface area contributed by atoms with Gasteiger partial charge in [-0.25, -0.2) is 4.79 Å². The molecule has 0 spiro atoms. The van der Waals surface area contributed by atoms with Crippen molar-refractivity contribution >= 4 is 28.7 Å². The molecule has 3 amide bonds. The SMILES string of the molecule is CC1(C)CC(NC(=O)[C@H](CC2CC2)NC(=O)[C@H](Cc2cccc3ccccc23)NC(=O)OCc2ccccc2)N1. The maximum absolute atomic E-state index is 13.7. The van der Waals surface area contributed by atoms with Crippen LogP contribution in [0.5, 0.6) is 0 Å². The van der Waals surface area contributed by atoms with E-state index in [0.29, 0.717) is 12.3 Å². The molecule has 1 saturated heterocycles. The van der Waals surface area contributed by atoms with Gasteiger partial charge in [0.2, 0.25) is 11.8 Å². The Bertz CT molecular complexity index is 1340. The fraction of sp³-hybridized carbons (Fsp3) is 0.406. The molecule has 1 aliphatic carbocycles. The zero-order valence-electron chi connectivity index (χ0n) is 23.1. The van der Waals surface area contributed by atoms with Gasteiger partial charge in [0.05, 0.1) is 6.17 Å². The summed E-state index contributed by atoms with van der Waals surface area (Å²) >= 11 is 0. The number of hydrogen-bond donors (Lipinski definition) is 4. The molecule has 40 heavy (non-hydrogen) atoms. The van der Waals surface area contributed by atoms with Gasteiger partial charge in [0, 0.05) is 12.0 Å². The molecule has 3 aromatic carbocycles. The minimum Gasteiger partial charge on any atom is -0.445 e. The Balaban J connectivity index is 1.30. The van der Waals surface area contributed by atoms with Crippen LogP contribution in [0.2, 0.25) is 0 Å². The second-order valence-electron chi connectivity index (χ2n) is 11.6. The maximum Gasteiger partial charge on any atom is 0.408 e. The Morgan fingerprint density at radius 3 is 2.33 bits per heavy atom. The summed E-state index contributed by atoms with van der Waals surface area (Å²) < 4.78 is 5.44. The summed E-state index contributed by atoms with van der Waals surface area (Å²) in [6.45, 7) is 4.26. The van der Waals surface area contributed by atoms with E-state index in [1.165, 1.54) is 0 Å². The predicted octanol–water partition coefficient (Wildman–Crippen LogP) is 4.18. The number of carbonyl (C=O) groups excluding carboxylic acids is 3. The summed E-state index contributed by atoms with van der Waals surface area (Å²) in [5.74, 6) is -0.196. The van der Waals surface area contributed by atoms with E-state index < -0.39 is 24.1 Å². The highest BCUT2D eigenvalue weighted by Gasteiger charge is 2.38. The molecule has 1 saturated carbocycles. The van der Waals surface area contributed by atoms with Crippen LogP contribution in [0, 0.1) is 5.92 Å². The summed E-state index contributed by atoms with van der Waals surface area (Å²) in [6, 6.07) is 21.6. The minimum absolute atomic E-state index is 0.0131. The molecule has 4 N–H and O–H groups in total. The number of carbonyl (C=O) groups is 3. The Morgan fingerprint density at radius 1 is 0.900 bits per heavy atom. The molecule has 0 radical (unpaired) electrons. The molecule has 210 valence electrons. The number of nitrogens with one attached hydrogen (secondary N) is 4. The summed E-state index contributed by atoms with van der Waals surface area (Å²) in [5, 5.41) is 14.1. The first-order valence-electron chi connectivity index (χ1n) is 14.1. The van der Waals surface area contributed by atoms with Gasteiger partial charge in [-0.1, -0.05) is 85.6 Å². The highest BCUT2D eigenvalue weighted by Crippen LogP contribution is 2.34. The molecule has 8 heteroatoms. The van der Waals surface area contributed by atoms with Crippen LogP contribution in [-0.4, -0.2) is 41.7 Å². The normalized spacial score (nSPS) is 19.1. The average Bonchev–Trinajstić information content (AvgIpc) is 3.75. The molecule has 8 nitrogen and oxygen atoms in total. The fourth-order valence-electron chi connectivity index (χ4n) is 5.32. The lowest BCUT2D eigenvalue weighted by Crippen LogP contribution is -2.68. The van der Waals surface area contributed by atoms with Crippen LogP contribution in [0.3, 0.4) is 0 Å². The monoisotopic (exact) mass is 542 g/mol. The van der Waals surface area contributed by atoms with Gasteiger partial charge in [0.25, 0.3) is 0 Å². The molecule has 1 heterocycles. The predicted molar refractivity (Wildman–Crippen MR) is 154 cm³/mol. The van der Waals surface area contributed by atoms with Gasteiger partial charge in [0.1, 0.15) is 18.7 Å². The van der Waals surface area contributed by atoms with Crippen molar-refractivity contribution in [2.24, 2.45) is 5.92 Å². The number of benzene rings is 3. The zero-order chi connectivity index (χ0) is 28.1. The van der Waals surface area contributed by atoms with Gasteiger partial charge < -0.3 is 20.7 Å². The van der Waals surface area contributed by atoms with Crippen LogP contribution in [0.25, 0.3) is 10.8 Å². The molecule has 0 aromatic heterocycles. The van der Waals surface area contributed by atoms with Crippen LogP contribution in [0.1, 0.15) is 50.7 Å². The Morgan fingerprint density at radius 2 is 1.60 bits per heavy atom. The Kier molecular flexibility index (Phi) is 8.35. The molecule has 3 aromatic rings. The third-order valence-electron chi connectivity index (χ3n) is 7.62. The number of hydrogen-bond acceptors (Lipinski definition) is 5. The second kappa shape index (κ2) is 12.1. The minimum atomic E-state index is -0.927. The lowest BCUT2D eigenvalue weighted by atomic mass is 9.89. The van der Waals surface area contributed by atoms with Crippen LogP contribution in [0.4, 0.5) is 4.79 Å². The topological polar surface area (TPSA) is 109 Å². The zero-order valence-corrected chi connectivity index (χ0v) is 23.1. The lowest BCUT2D eigenvalue weighted by Gasteiger charge is -2.45. The maximum atomic E-state index is 13.7. The summed E-state index contributed by atoms with van der Waals surface area (Å²) in [4.78, 5) is 39.8. The van der Waals surface area contributed by atoms with E-state index >= 15 is 0 Å². The highest BCUT2D eigenvalue weighted by atomic mass is 16.5. The largest absolute Gasteiger partial charge is 0.445 e. The fourth-order valence-corrected chi connectivity index (χ4v) is 5.32. The Hall–Kier alpha value is -3.91. The third-order valence-corrected chi connectivity index (χ3v) is 7.62. The van der Waals surface area contributed by atoms with E-state index in [4.69, 9.17) is 4.74 Å². The van der Waals surface area contributed by atoms with Gasteiger partial charge in [-0.15, -0.1) is 0 Å². The molecule has 2 aliphatic rings. The number of alkyl carbamates (subject to hydrolysis) is 1. The van der Waals surface area contributed by atoms with E-state index in [1.807, 2.05) is 72.8 Å². The summed E-state index contributed by atoms with van der Waals surface area (Å²) in [7, 11) is 0. The van der Waals surface area contributed by atoms with Crippen molar-refractivity contribution in [1.82, 2.24) is 21.3 Å². The molecule has 1 unspecified atom stereocenters. The van der Waals surface area contributed by atoms with E-state index in [1.54, 1.807) is 0 Å². The standard InChI is InChI=1S/C32H38N4O4/c1-32(2)19-28(36-32)35-30(38)26(17-21-15-16-21)33-29(37)27(34-31(39)40-20-22-9-4-3-5-10-22)18-24-13-8-12-23-11-6-7-14-25(23)24/h3-14,21,26-28,36H,15-20H2,1-2H3,(H,33,37)(H,34,39)(H,35,38)/t26-,27-,28?/m0/s1. The second-order valence-corrected chi connectivity index (χ2v) is 11.6. The molecule has 3 atom stereocenters. The van der Waals surface area contributed by atoms with Crippen molar-refractivity contribution in [3.8, 4) is 0 Å². The highest BCUT2D eigenvalue weighted by molar-refractivity contribution is 5.92. The van der Waals surface area contributed by atoms with Gasteiger partial charge in [-0.3, -0.25) is 14.9 Å². The smallest absolute Gasteiger partial charge is 0.408 e. The Labute approximate surface area is 235 Å². The van der Waals surface area contributed by atoms with Crippen molar-refractivity contribution in [2.75, 3.05) is 0 Å². The molecular formula is C32H38N4O4. The first-order chi connectivity index (χ1) is 19.3. The first kappa shape index (κ1) is 27.6.